The number of benzene rings is 2. The van der Waals surface area contributed by atoms with Crippen LogP contribution in [-0.4, -0.2) is 31.4 Å². The van der Waals surface area contributed by atoms with Crippen LogP contribution in [0.3, 0.4) is 0 Å². The van der Waals surface area contributed by atoms with Crippen molar-refractivity contribution in [3.63, 3.8) is 0 Å². The molecule has 0 radical (unpaired) electrons. The molecule has 0 bridgehead atoms. The van der Waals surface area contributed by atoms with Crippen molar-refractivity contribution in [1.29, 1.82) is 0 Å². The van der Waals surface area contributed by atoms with Gasteiger partial charge >= 0.3 is 6.18 Å². The van der Waals surface area contributed by atoms with Crippen LogP contribution in [0.2, 0.25) is 0 Å². The van der Waals surface area contributed by atoms with Gasteiger partial charge in [-0.15, -0.1) is 10.2 Å². The summed E-state index contributed by atoms with van der Waals surface area (Å²) in [4.78, 5) is 1.37. The fourth-order valence-electron chi connectivity index (χ4n) is 2.91. The van der Waals surface area contributed by atoms with Gasteiger partial charge in [0.25, 0.3) is 0 Å². The Morgan fingerprint density at radius 3 is 2.50 bits per heavy atom. The van der Waals surface area contributed by atoms with E-state index < -0.39 is 17.8 Å². The Morgan fingerprint density at radius 1 is 1.11 bits per heavy atom. The van der Waals surface area contributed by atoms with E-state index in [1.54, 1.807) is 18.2 Å². The largest absolute Gasteiger partial charge is 0.416 e. The Hall–Kier alpha value is -2.94. The lowest BCUT2D eigenvalue weighted by atomic mass is 10.1. The Balaban J connectivity index is 1.53. The van der Waals surface area contributed by atoms with Gasteiger partial charge in [0.1, 0.15) is 0 Å². The van der Waals surface area contributed by atoms with E-state index in [0.717, 1.165) is 25.0 Å². The topological polar surface area (TPSA) is 75.9 Å². The Morgan fingerprint density at radius 2 is 1.82 bits per heavy atom. The molecule has 2 aromatic carbocycles. The number of aliphatic hydroxyl groups is 1. The smallest absolute Gasteiger partial charge is 0.391 e. The van der Waals surface area contributed by atoms with Crippen molar-refractivity contribution in [3.05, 3.63) is 54.1 Å². The summed E-state index contributed by atoms with van der Waals surface area (Å²) in [5.41, 5.74) is 1.11. The molecule has 4 rings (SSSR count). The maximum Gasteiger partial charge on any atom is 0.416 e. The number of alkyl halides is 3. The number of hydrogen-bond acceptors (Lipinski definition) is 5. The summed E-state index contributed by atoms with van der Waals surface area (Å²) in [5, 5.41) is 25.5. The minimum atomic E-state index is -4.37. The highest BCUT2D eigenvalue weighted by atomic mass is 19.4. The van der Waals surface area contributed by atoms with E-state index in [1.807, 2.05) is 6.07 Å². The molecule has 1 fully saturated rings. The van der Waals surface area contributed by atoms with Gasteiger partial charge in [-0.2, -0.15) is 18.0 Å². The molecule has 3 aromatic rings. The highest BCUT2D eigenvalue weighted by molar-refractivity contribution is 5.77. The maximum absolute atomic E-state index is 12.7. The normalized spacial score (nSPS) is 15.4. The third kappa shape index (κ3) is 4.14. The minimum Gasteiger partial charge on any atom is -0.391 e. The number of anilines is 2. The van der Waals surface area contributed by atoms with Gasteiger partial charge in [0.15, 0.2) is 0 Å². The van der Waals surface area contributed by atoms with Crippen molar-refractivity contribution in [3.8, 4) is 11.4 Å². The molecular formula is C19H18F3N5O. The molecule has 1 aromatic heterocycles. The molecule has 1 atom stereocenters. The van der Waals surface area contributed by atoms with Gasteiger partial charge in [-0.05, 0) is 60.4 Å². The highest BCUT2D eigenvalue weighted by Gasteiger charge is 2.31. The van der Waals surface area contributed by atoms with Crippen LogP contribution >= 0.6 is 0 Å². The first-order valence-corrected chi connectivity index (χ1v) is 8.90. The molecular weight excluding hydrogens is 371 g/mol. The number of hydrogen-bond donors (Lipinski definition) is 2. The SMILES string of the molecule is OC(Cn1nnc(-c2ccccc2Nc2ccc(C(F)(F)F)cc2)n1)C1CC1. The Kier molecular flexibility index (Phi) is 4.76. The van der Waals surface area contributed by atoms with Crippen molar-refractivity contribution >= 4 is 11.4 Å². The standard InChI is InChI=1S/C19H18F3N5O/c20-19(21,22)13-7-9-14(10-8-13)23-16-4-2-1-3-15(16)18-24-26-27(25-18)11-17(28)12-5-6-12/h1-4,7-10,12,17,23,28H,5-6,11H2. The molecule has 0 spiro atoms. The molecule has 1 heterocycles. The second kappa shape index (κ2) is 7.23. The van der Waals surface area contributed by atoms with E-state index in [1.165, 1.54) is 16.9 Å². The summed E-state index contributed by atoms with van der Waals surface area (Å²) in [6, 6.07) is 12.0. The molecule has 146 valence electrons. The monoisotopic (exact) mass is 389 g/mol. The van der Waals surface area contributed by atoms with Crippen molar-refractivity contribution in [2.24, 2.45) is 5.92 Å². The average molecular weight is 389 g/mol. The lowest BCUT2D eigenvalue weighted by molar-refractivity contribution is -0.137. The van der Waals surface area contributed by atoms with Crippen molar-refractivity contribution in [2.75, 3.05) is 5.32 Å². The van der Waals surface area contributed by atoms with E-state index in [0.29, 0.717) is 28.7 Å². The zero-order chi connectivity index (χ0) is 19.7. The van der Waals surface area contributed by atoms with Gasteiger partial charge in [-0.25, -0.2) is 0 Å². The van der Waals surface area contributed by atoms with E-state index in [4.69, 9.17) is 0 Å². The second-order valence-corrected chi connectivity index (χ2v) is 6.82. The van der Waals surface area contributed by atoms with E-state index >= 15 is 0 Å². The van der Waals surface area contributed by atoms with Gasteiger partial charge in [0.05, 0.1) is 18.2 Å². The Bertz CT molecular complexity index is 951. The molecule has 0 saturated heterocycles. The third-order valence-corrected chi connectivity index (χ3v) is 4.63. The number of aromatic nitrogens is 4. The van der Waals surface area contributed by atoms with Crippen LogP contribution in [0.25, 0.3) is 11.4 Å². The molecule has 1 unspecified atom stereocenters. The molecule has 6 nitrogen and oxygen atoms in total. The Labute approximate surface area is 159 Å². The molecule has 1 aliphatic rings. The van der Waals surface area contributed by atoms with Crippen LogP contribution in [-0.2, 0) is 12.7 Å². The van der Waals surface area contributed by atoms with Crippen LogP contribution in [0.4, 0.5) is 24.5 Å². The number of para-hydroxylation sites is 1. The quantitative estimate of drug-likeness (QED) is 0.669. The molecule has 1 aliphatic carbocycles. The van der Waals surface area contributed by atoms with Crippen LogP contribution in [0.15, 0.2) is 48.5 Å². The van der Waals surface area contributed by atoms with Crippen LogP contribution in [0, 0.1) is 5.92 Å². The first-order chi connectivity index (χ1) is 13.4. The summed E-state index contributed by atoms with van der Waals surface area (Å²) in [5.74, 6) is 0.682. The van der Waals surface area contributed by atoms with Crippen molar-refractivity contribution < 1.29 is 18.3 Å². The number of nitrogens with zero attached hydrogens (tertiary/aromatic N) is 4. The van der Waals surface area contributed by atoms with Gasteiger partial charge in [-0.1, -0.05) is 12.1 Å². The lowest BCUT2D eigenvalue weighted by Crippen LogP contribution is -2.19. The molecule has 2 N–H and O–H groups in total. The van der Waals surface area contributed by atoms with Crippen molar-refractivity contribution in [1.82, 2.24) is 20.2 Å². The highest BCUT2D eigenvalue weighted by Crippen LogP contribution is 2.34. The number of aliphatic hydroxyl groups excluding tert-OH is 1. The van der Waals surface area contributed by atoms with E-state index in [2.05, 4.69) is 20.7 Å². The average Bonchev–Trinajstić information content (AvgIpc) is 3.42. The van der Waals surface area contributed by atoms with Gasteiger partial charge in [-0.3, -0.25) is 0 Å². The predicted molar refractivity (Wildman–Crippen MR) is 96.7 cm³/mol. The van der Waals surface area contributed by atoms with E-state index in [9.17, 15) is 18.3 Å². The lowest BCUT2D eigenvalue weighted by Gasteiger charge is -2.11. The van der Waals surface area contributed by atoms with Gasteiger partial charge in [0.2, 0.25) is 5.82 Å². The zero-order valence-corrected chi connectivity index (χ0v) is 14.8. The minimum absolute atomic E-state index is 0.284. The molecule has 0 aliphatic heterocycles. The predicted octanol–water partition coefficient (Wildman–Crippen LogP) is 3.87. The summed E-state index contributed by atoms with van der Waals surface area (Å²) >= 11 is 0. The van der Waals surface area contributed by atoms with Crippen molar-refractivity contribution in [2.45, 2.75) is 31.7 Å². The number of nitrogens with one attached hydrogen (secondary N) is 1. The third-order valence-electron chi connectivity index (χ3n) is 4.63. The molecule has 1 saturated carbocycles. The maximum atomic E-state index is 12.7. The van der Waals surface area contributed by atoms with Crippen LogP contribution in [0.5, 0.6) is 0 Å². The van der Waals surface area contributed by atoms with Crippen LogP contribution < -0.4 is 5.32 Å². The fourth-order valence-corrected chi connectivity index (χ4v) is 2.91. The summed E-state index contributed by atoms with van der Waals surface area (Å²) < 4.78 is 38.1. The summed E-state index contributed by atoms with van der Waals surface area (Å²) in [6.45, 7) is 0.284. The van der Waals surface area contributed by atoms with Crippen LogP contribution in [0.1, 0.15) is 18.4 Å². The second-order valence-electron chi connectivity index (χ2n) is 6.82. The molecule has 9 heteroatoms. The number of halogens is 3. The molecule has 28 heavy (non-hydrogen) atoms. The fraction of sp³-hybridized carbons (Fsp3) is 0.316. The van der Waals surface area contributed by atoms with E-state index in [-0.39, 0.29) is 6.54 Å². The summed E-state index contributed by atoms with van der Waals surface area (Å²) in [6.07, 6.45) is -2.82. The summed E-state index contributed by atoms with van der Waals surface area (Å²) in [7, 11) is 0. The number of rotatable bonds is 6. The zero-order valence-electron chi connectivity index (χ0n) is 14.8. The van der Waals surface area contributed by atoms with Gasteiger partial charge in [0, 0.05) is 16.9 Å². The first kappa shape index (κ1) is 18.4. The molecule has 0 amide bonds. The number of tetrazole rings is 1. The van der Waals surface area contributed by atoms with Gasteiger partial charge < -0.3 is 10.4 Å². The first-order valence-electron chi connectivity index (χ1n) is 8.90.